The second-order valence-corrected chi connectivity index (χ2v) is 2.75. The van der Waals surface area contributed by atoms with E-state index in [2.05, 4.69) is 6.92 Å². The zero-order valence-corrected chi connectivity index (χ0v) is 8.49. The van der Waals surface area contributed by atoms with Crippen LogP contribution in [0.25, 0.3) is 0 Å². The number of hydrogen-bond acceptors (Lipinski definition) is 2. The van der Waals surface area contributed by atoms with Crippen molar-refractivity contribution in [1.82, 2.24) is 0 Å². The fraction of sp³-hybridized carbons (Fsp3) is 0.700. The lowest BCUT2D eigenvalue weighted by Crippen LogP contribution is -1.78. The highest BCUT2D eigenvalue weighted by Crippen LogP contribution is 2.01. The van der Waals surface area contributed by atoms with Gasteiger partial charge in [-0.1, -0.05) is 32.3 Å². The third kappa shape index (κ3) is 35.6. The van der Waals surface area contributed by atoms with Crippen molar-refractivity contribution in [1.29, 1.82) is 0 Å². The Kier molecular flexibility index (Phi) is 15.2. The summed E-state index contributed by atoms with van der Waals surface area (Å²) < 4.78 is 0. The molecule has 0 saturated heterocycles. The Balaban J connectivity index is 0. The Bertz CT molecular complexity index is 126. The van der Waals surface area contributed by atoms with Crippen molar-refractivity contribution in [2.24, 2.45) is 0 Å². The molecule has 0 atom stereocenters. The number of unbranched alkanes of at least 4 members (excludes halogenated alkanes) is 4. The summed E-state index contributed by atoms with van der Waals surface area (Å²) in [5.41, 5.74) is 0. The first-order valence-corrected chi connectivity index (χ1v) is 4.63. The van der Waals surface area contributed by atoms with Gasteiger partial charge < -0.3 is 10.2 Å². The van der Waals surface area contributed by atoms with Crippen LogP contribution in [0, 0.1) is 0 Å². The number of allylic oxidation sites excluding steroid dienone is 1. The molecule has 0 bridgehead atoms. The van der Waals surface area contributed by atoms with E-state index in [9.17, 15) is 0 Å². The minimum Gasteiger partial charge on any atom is -0.516 e. The molecule has 0 heterocycles. The van der Waals surface area contributed by atoms with Crippen LogP contribution in [0.3, 0.4) is 0 Å². The van der Waals surface area contributed by atoms with Gasteiger partial charge in [-0.05, 0) is 12.8 Å². The summed E-state index contributed by atoms with van der Waals surface area (Å²) in [6, 6.07) is 0. The van der Waals surface area contributed by atoms with E-state index >= 15 is 0 Å². The Morgan fingerprint density at radius 2 is 1.85 bits per heavy atom. The SMILES string of the molecule is CC(=O)O.CCCCCC/C=C\O. The molecule has 0 unspecified atom stereocenters. The summed E-state index contributed by atoms with van der Waals surface area (Å²) >= 11 is 0. The molecular formula is C10H20O3. The van der Waals surface area contributed by atoms with Crippen LogP contribution < -0.4 is 0 Å². The van der Waals surface area contributed by atoms with E-state index in [0.29, 0.717) is 0 Å². The molecule has 13 heavy (non-hydrogen) atoms. The van der Waals surface area contributed by atoms with Crippen LogP contribution in [0.4, 0.5) is 0 Å². The normalized spacial score (nSPS) is 9.38. The average Bonchev–Trinajstić information content (AvgIpc) is 2.03. The van der Waals surface area contributed by atoms with Gasteiger partial charge in [0.1, 0.15) is 0 Å². The van der Waals surface area contributed by atoms with Crippen molar-refractivity contribution in [3.8, 4) is 0 Å². The highest BCUT2D eigenvalue weighted by molar-refractivity contribution is 5.62. The predicted molar refractivity (Wildman–Crippen MR) is 53.8 cm³/mol. The van der Waals surface area contributed by atoms with Gasteiger partial charge in [-0.3, -0.25) is 4.79 Å². The van der Waals surface area contributed by atoms with E-state index < -0.39 is 5.97 Å². The summed E-state index contributed by atoms with van der Waals surface area (Å²) in [5.74, 6) is -0.833. The zero-order chi connectivity index (χ0) is 10.5. The monoisotopic (exact) mass is 188 g/mol. The first kappa shape index (κ1) is 14.5. The fourth-order valence-electron chi connectivity index (χ4n) is 0.764. The lowest BCUT2D eigenvalue weighted by atomic mass is 10.2. The molecule has 0 aliphatic rings. The van der Waals surface area contributed by atoms with Gasteiger partial charge in [0.25, 0.3) is 5.97 Å². The molecule has 0 aromatic carbocycles. The number of aliphatic hydroxyl groups excluding tert-OH is 1. The second kappa shape index (κ2) is 13.6. The van der Waals surface area contributed by atoms with E-state index in [4.69, 9.17) is 15.0 Å². The van der Waals surface area contributed by atoms with E-state index in [1.807, 2.05) is 0 Å². The lowest BCUT2D eigenvalue weighted by molar-refractivity contribution is -0.134. The van der Waals surface area contributed by atoms with Crippen molar-refractivity contribution < 1.29 is 15.0 Å². The molecule has 0 aromatic rings. The minimum atomic E-state index is -0.833. The molecule has 0 aromatic heterocycles. The lowest BCUT2D eigenvalue weighted by Gasteiger charge is -1.92. The van der Waals surface area contributed by atoms with Gasteiger partial charge in [-0.2, -0.15) is 0 Å². The van der Waals surface area contributed by atoms with Crippen LogP contribution >= 0.6 is 0 Å². The topological polar surface area (TPSA) is 57.5 Å². The average molecular weight is 188 g/mol. The molecule has 0 aliphatic carbocycles. The smallest absolute Gasteiger partial charge is 0.300 e. The van der Waals surface area contributed by atoms with Gasteiger partial charge in [0, 0.05) is 6.92 Å². The van der Waals surface area contributed by atoms with E-state index in [0.717, 1.165) is 19.6 Å². The Labute approximate surface area is 80.1 Å². The molecular weight excluding hydrogens is 168 g/mol. The van der Waals surface area contributed by atoms with Gasteiger partial charge in [0.15, 0.2) is 0 Å². The number of hydrogen-bond donors (Lipinski definition) is 2. The minimum absolute atomic E-state index is 0.833. The molecule has 0 fully saturated rings. The van der Waals surface area contributed by atoms with Crippen molar-refractivity contribution in [2.75, 3.05) is 0 Å². The number of aliphatic hydroxyl groups is 1. The van der Waals surface area contributed by atoms with Crippen LogP contribution in [0.1, 0.15) is 46.0 Å². The van der Waals surface area contributed by atoms with Crippen LogP contribution in [0.2, 0.25) is 0 Å². The zero-order valence-electron chi connectivity index (χ0n) is 8.49. The number of carboxylic acid groups (broad SMARTS) is 1. The molecule has 78 valence electrons. The molecule has 0 spiro atoms. The van der Waals surface area contributed by atoms with Crippen LogP contribution in [-0.2, 0) is 4.79 Å². The summed E-state index contributed by atoms with van der Waals surface area (Å²) in [7, 11) is 0. The largest absolute Gasteiger partial charge is 0.516 e. The molecule has 3 nitrogen and oxygen atoms in total. The maximum absolute atomic E-state index is 9.00. The quantitative estimate of drug-likeness (QED) is 0.514. The van der Waals surface area contributed by atoms with Crippen LogP contribution in [0.15, 0.2) is 12.3 Å². The van der Waals surface area contributed by atoms with Crippen molar-refractivity contribution in [3.05, 3.63) is 12.3 Å². The van der Waals surface area contributed by atoms with Crippen molar-refractivity contribution >= 4 is 5.97 Å². The molecule has 0 amide bonds. The molecule has 0 rings (SSSR count). The van der Waals surface area contributed by atoms with Crippen LogP contribution in [0.5, 0.6) is 0 Å². The first-order chi connectivity index (χ1) is 6.15. The number of carboxylic acids is 1. The fourth-order valence-corrected chi connectivity index (χ4v) is 0.764. The highest BCUT2D eigenvalue weighted by Gasteiger charge is 1.82. The highest BCUT2D eigenvalue weighted by atomic mass is 16.4. The molecule has 0 radical (unpaired) electrons. The van der Waals surface area contributed by atoms with Gasteiger partial charge in [0.2, 0.25) is 0 Å². The van der Waals surface area contributed by atoms with E-state index in [1.165, 1.54) is 25.7 Å². The summed E-state index contributed by atoms with van der Waals surface area (Å²) in [6.45, 7) is 3.28. The Morgan fingerprint density at radius 3 is 2.23 bits per heavy atom. The first-order valence-electron chi connectivity index (χ1n) is 4.63. The maximum Gasteiger partial charge on any atom is 0.300 e. The Hall–Kier alpha value is -0.990. The maximum atomic E-state index is 9.00. The molecule has 3 heteroatoms. The van der Waals surface area contributed by atoms with E-state index in [-0.39, 0.29) is 0 Å². The third-order valence-corrected chi connectivity index (χ3v) is 1.33. The summed E-state index contributed by atoms with van der Waals surface area (Å²) in [6.07, 6.45) is 9.06. The van der Waals surface area contributed by atoms with Crippen molar-refractivity contribution in [3.63, 3.8) is 0 Å². The third-order valence-electron chi connectivity index (χ3n) is 1.33. The number of carbonyl (C=O) groups is 1. The van der Waals surface area contributed by atoms with Gasteiger partial charge in [-0.15, -0.1) is 0 Å². The Morgan fingerprint density at radius 1 is 1.31 bits per heavy atom. The number of rotatable bonds is 5. The van der Waals surface area contributed by atoms with Crippen LogP contribution in [-0.4, -0.2) is 16.2 Å². The molecule has 2 N–H and O–H groups in total. The van der Waals surface area contributed by atoms with Gasteiger partial charge in [-0.25, -0.2) is 0 Å². The van der Waals surface area contributed by atoms with E-state index in [1.54, 1.807) is 6.08 Å². The molecule has 0 saturated carbocycles. The van der Waals surface area contributed by atoms with Gasteiger partial charge >= 0.3 is 0 Å². The summed E-state index contributed by atoms with van der Waals surface area (Å²) in [5, 5.41) is 15.7. The molecule has 0 aliphatic heterocycles. The summed E-state index contributed by atoms with van der Waals surface area (Å²) in [4.78, 5) is 9.00. The van der Waals surface area contributed by atoms with Gasteiger partial charge in [0.05, 0.1) is 6.26 Å². The van der Waals surface area contributed by atoms with Crippen molar-refractivity contribution in [2.45, 2.75) is 46.0 Å². The predicted octanol–water partition coefficient (Wildman–Crippen LogP) is 3.12. The number of aliphatic carboxylic acids is 1. The second-order valence-electron chi connectivity index (χ2n) is 2.75. The standard InChI is InChI=1S/C8H16O.C2H4O2/c1-2-3-4-5-6-7-8-9;1-2(3)4/h7-9H,2-6H2,1H3;1H3,(H,3,4)/b8-7-;.